The first-order valence-electron chi connectivity index (χ1n) is 4.87. The van der Waals surface area contributed by atoms with Gasteiger partial charge in [-0.15, -0.1) is 0 Å². The second kappa shape index (κ2) is 4.43. The highest BCUT2D eigenvalue weighted by Gasteiger charge is 2.19. The quantitative estimate of drug-likeness (QED) is 0.881. The molecule has 76 valence electrons. The van der Waals surface area contributed by atoms with E-state index in [2.05, 4.69) is 34.1 Å². The molecule has 1 aliphatic heterocycles. The maximum atomic E-state index is 5.58. The molecule has 2 N–H and O–H groups in total. The summed E-state index contributed by atoms with van der Waals surface area (Å²) in [7, 11) is 0. The van der Waals surface area contributed by atoms with Crippen molar-refractivity contribution < 1.29 is 4.74 Å². The SMILES string of the molecule is NCc1ccc(C2CCOC2)c(Br)c1. The fourth-order valence-electron chi connectivity index (χ4n) is 1.81. The van der Waals surface area contributed by atoms with Crippen LogP contribution in [-0.4, -0.2) is 13.2 Å². The van der Waals surface area contributed by atoms with E-state index in [1.54, 1.807) is 0 Å². The monoisotopic (exact) mass is 255 g/mol. The molecule has 1 atom stereocenters. The van der Waals surface area contributed by atoms with Crippen LogP contribution in [0.5, 0.6) is 0 Å². The Kier molecular flexibility index (Phi) is 3.21. The van der Waals surface area contributed by atoms with Gasteiger partial charge >= 0.3 is 0 Å². The number of halogens is 1. The molecule has 1 heterocycles. The summed E-state index contributed by atoms with van der Waals surface area (Å²) in [6.45, 7) is 2.33. The summed E-state index contributed by atoms with van der Waals surface area (Å²) in [5.41, 5.74) is 8.09. The fourth-order valence-corrected chi connectivity index (χ4v) is 2.56. The summed E-state index contributed by atoms with van der Waals surface area (Å²) in [6.07, 6.45) is 1.13. The predicted molar refractivity (Wildman–Crippen MR) is 60.2 cm³/mol. The molecule has 1 aromatic rings. The summed E-state index contributed by atoms with van der Waals surface area (Å²) in [5.74, 6) is 0.552. The molecule has 0 aliphatic carbocycles. The van der Waals surface area contributed by atoms with Crippen LogP contribution < -0.4 is 5.73 Å². The zero-order chi connectivity index (χ0) is 9.97. The minimum atomic E-state index is 0.552. The van der Waals surface area contributed by atoms with Crippen molar-refractivity contribution in [3.63, 3.8) is 0 Å². The van der Waals surface area contributed by atoms with Gasteiger partial charge in [0.05, 0.1) is 6.61 Å². The van der Waals surface area contributed by atoms with E-state index in [1.807, 2.05) is 0 Å². The fraction of sp³-hybridized carbons (Fsp3) is 0.455. The van der Waals surface area contributed by atoms with E-state index in [4.69, 9.17) is 10.5 Å². The van der Waals surface area contributed by atoms with E-state index in [9.17, 15) is 0 Å². The molecule has 0 amide bonds. The average molecular weight is 256 g/mol. The third-order valence-corrected chi connectivity index (χ3v) is 3.36. The molecule has 0 saturated carbocycles. The van der Waals surface area contributed by atoms with E-state index in [1.165, 1.54) is 11.1 Å². The number of ether oxygens (including phenoxy) is 1. The van der Waals surface area contributed by atoms with Gasteiger partial charge in [-0.2, -0.15) is 0 Å². The summed E-state index contributed by atoms with van der Waals surface area (Å²) in [6, 6.07) is 6.36. The molecule has 0 spiro atoms. The van der Waals surface area contributed by atoms with E-state index >= 15 is 0 Å². The van der Waals surface area contributed by atoms with E-state index in [-0.39, 0.29) is 0 Å². The lowest BCUT2D eigenvalue weighted by atomic mass is 9.97. The van der Waals surface area contributed by atoms with Crippen molar-refractivity contribution in [1.29, 1.82) is 0 Å². The Morgan fingerprint density at radius 3 is 2.93 bits per heavy atom. The largest absolute Gasteiger partial charge is 0.381 e. The third kappa shape index (κ3) is 2.00. The van der Waals surface area contributed by atoms with Crippen molar-refractivity contribution in [2.75, 3.05) is 13.2 Å². The van der Waals surface area contributed by atoms with Crippen LogP contribution in [0.1, 0.15) is 23.5 Å². The highest BCUT2D eigenvalue weighted by atomic mass is 79.9. The van der Waals surface area contributed by atoms with Crippen molar-refractivity contribution >= 4 is 15.9 Å². The number of hydrogen-bond acceptors (Lipinski definition) is 2. The Labute approximate surface area is 92.6 Å². The molecule has 1 aromatic carbocycles. The molecule has 1 unspecified atom stereocenters. The van der Waals surface area contributed by atoms with E-state index in [0.717, 1.165) is 24.1 Å². The van der Waals surface area contributed by atoms with Gasteiger partial charge in [0.1, 0.15) is 0 Å². The lowest BCUT2D eigenvalue weighted by Crippen LogP contribution is -2.01. The first kappa shape index (κ1) is 10.1. The molecule has 0 bridgehead atoms. The molecular weight excluding hydrogens is 242 g/mol. The molecule has 14 heavy (non-hydrogen) atoms. The number of benzene rings is 1. The first-order chi connectivity index (χ1) is 6.81. The molecule has 0 radical (unpaired) electrons. The lowest BCUT2D eigenvalue weighted by Gasteiger charge is -2.11. The minimum Gasteiger partial charge on any atom is -0.381 e. The molecule has 1 aliphatic rings. The summed E-state index contributed by atoms with van der Waals surface area (Å²) >= 11 is 3.59. The van der Waals surface area contributed by atoms with Crippen LogP contribution in [0.15, 0.2) is 22.7 Å². The number of rotatable bonds is 2. The highest BCUT2D eigenvalue weighted by Crippen LogP contribution is 2.31. The average Bonchev–Trinajstić information content (AvgIpc) is 2.70. The van der Waals surface area contributed by atoms with Crippen LogP contribution in [0.3, 0.4) is 0 Å². The number of hydrogen-bond donors (Lipinski definition) is 1. The van der Waals surface area contributed by atoms with Crippen molar-refractivity contribution in [2.24, 2.45) is 5.73 Å². The van der Waals surface area contributed by atoms with Crippen molar-refractivity contribution in [1.82, 2.24) is 0 Å². The molecule has 2 rings (SSSR count). The Morgan fingerprint density at radius 1 is 1.50 bits per heavy atom. The summed E-state index contributed by atoms with van der Waals surface area (Å²) in [4.78, 5) is 0. The maximum absolute atomic E-state index is 5.58. The van der Waals surface area contributed by atoms with Crippen LogP contribution in [0.4, 0.5) is 0 Å². The Balaban J connectivity index is 2.25. The third-order valence-electron chi connectivity index (χ3n) is 2.67. The van der Waals surface area contributed by atoms with Crippen molar-refractivity contribution in [3.8, 4) is 0 Å². The summed E-state index contributed by atoms with van der Waals surface area (Å²) < 4.78 is 6.54. The molecule has 0 aromatic heterocycles. The topological polar surface area (TPSA) is 35.2 Å². The van der Waals surface area contributed by atoms with Gasteiger partial charge in [-0.25, -0.2) is 0 Å². The zero-order valence-corrected chi connectivity index (χ0v) is 9.59. The predicted octanol–water partition coefficient (Wildman–Crippen LogP) is 2.41. The van der Waals surface area contributed by atoms with Gasteiger partial charge in [0.25, 0.3) is 0 Å². The zero-order valence-electron chi connectivity index (χ0n) is 8.00. The van der Waals surface area contributed by atoms with Crippen LogP contribution >= 0.6 is 15.9 Å². The van der Waals surface area contributed by atoms with Crippen LogP contribution in [0, 0.1) is 0 Å². The smallest absolute Gasteiger partial charge is 0.0535 e. The minimum absolute atomic E-state index is 0.552. The van der Waals surface area contributed by atoms with Gasteiger partial charge < -0.3 is 10.5 Å². The van der Waals surface area contributed by atoms with Crippen LogP contribution in [-0.2, 0) is 11.3 Å². The molecular formula is C11H14BrNO. The van der Waals surface area contributed by atoms with E-state index in [0.29, 0.717) is 12.5 Å². The van der Waals surface area contributed by atoms with E-state index < -0.39 is 0 Å². The standard InChI is InChI=1S/C11H14BrNO/c12-11-5-8(6-13)1-2-10(11)9-3-4-14-7-9/h1-2,5,9H,3-4,6-7,13H2. The molecule has 1 fully saturated rings. The Bertz CT molecular complexity index is 321. The van der Waals surface area contributed by atoms with Gasteiger partial charge in [0, 0.05) is 23.5 Å². The van der Waals surface area contributed by atoms with Gasteiger partial charge in [0.2, 0.25) is 0 Å². The van der Waals surface area contributed by atoms with Gasteiger partial charge in [-0.05, 0) is 23.6 Å². The molecule has 2 nitrogen and oxygen atoms in total. The lowest BCUT2D eigenvalue weighted by molar-refractivity contribution is 0.194. The second-order valence-corrected chi connectivity index (χ2v) is 4.47. The van der Waals surface area contributed by atoms with Crippen LogP contribution in [0.2, 0.25) is 0 Å². The second-order valence-electron chi connectivity index (χ2n) is 3.62. The molecule has 3 heteroatoms. The van der Waals surface area contributed by atoms with Gasteiger partial charge in [-0.1, -0.05) is 28.1 Å². The van der Waals surface area contributed by atoms with Gasteiger partial charge in [-0.3, -0.25) is 0 Å². The van der Waals surface area contributed by atoms with Gasteiger partial charge in [0.15, 0.2) is 0 Å². The first-order valence-corrected chi connectivity index (χ1v) is 5.66. The normalized spacial score (nSPS) is 21.4. The Hall–Kier alpha value is -0.380. The van der Waals surface area contributed by atoms with Crippen molar-refractivity contribution in [2.45, 2.75) is 18.9 Å². The summed E-state index contributed by atoms with van der Waals surface area (Å²) in [5, 5.41) is 0. The number of nitrogens with two attached hydrogens (primary N) is 1. The highest BCUT2D eigenvalue weighted by molar-refractivity contribution is 9.10. The van der Waals surface area contributed by atoms with Crippen LogP contribution in [0.25, 0.3) is 0 Å². The Morgan fingerprint density at radius 2 is 2.36 bits per heavy atom. The maximum Gasteiger partial charge on any atom is 0.0535 e. The molecule has 1 saturated heterocycles. The van der Waals surface area contributed by atoms with Crippen molar-refractivity contribution in [3.05, 3.63) is 33.8 Å².